The van der Waals surface area contributed by atoms with Gasteiger partial charge in [0.1, 0.15) is 33.6 Å². The summed E-state index contributed by atoms with van der Waals surface area (Å²) in [7, 11) is 0. The van der Waals surface area contributed by atoms with Crippen molar-refractivity contribution in [3.05, 3.63) is 41.2 Å². The number of aliphatic carboxylic acids is 1. The van der Waals surface area contributed by atoms with E-state index < -0.39 is 23.3 Å². The molecule has 2 aromatic heterocycles. The number of thiazole rings is 1. The molecule has 2 aromatic rings. The Balaban J connectivity index is 1.40. The van der Waals surface area contributed by atoms with Gasteiger partial charge in [0.25, 0.3) is 5.91 Å². The van der Waals surface area contributed by atoms with Crippen LogP contribution in [0.5, 0.6) is 5.75 Å². The summed E-state index contributed by atoms with van der Waals surface area (Å²) in [6.07, 6.45) is 2.99. The second-order valence-corrected chi connectivity index (χ2v) is 8.07. The fourth-order valence-corrected chi connectivity index (χ4v) is 5.00. The zero-order chi connectivity index (χ0) is 19.8. The number of carbonyl (C=O) groups excluding carboxylic acids is 2. The molecule has 0 bridgehead atoms. The van der Waals surface area contributed by atoms with Crippen LogP contribution in [0.15, 0.2) is 35.5 Å². The van der Waals surface area contributed by atoms with Gasteiger partial charge in [-0.3, -0.25) is 14.5 Å². The van der Waals surface area contributed by atoms with Crippen LogP contribution in [0.3, 0.4) is 0 Å². The first-order chi connectivity index (χ1) is 13.5. The van der Waals surface area contributed by atoms with Crippen LogP contribution in [0.4, 0.5) is 0 Å². The third-order valence-corrected chi connectivity index (χ3v) is 6.35. The van der Waals surface area contributed by atoms with Crippen molar-refractivity contribution in [1.82, 2.24) is 20.2 Å². The van der Waals surface area contributed by atoms with Gasteiger partial charge in [-0.2, -0.15) is 0 Å². The molecule has 4 rings (SSSR count). The number of rotatable bonds is 5. The van der Waals surface area contributed by atoms with Crippen LogP contribution < -0.4 is 5.32 Å². The Kier molecular flexibility index (Phi) is 4.77. The molecule has 3 N–H and O–H groups in total. The Morgan fingerprint density at radius 2 is 2.21 bits per heavy atom. The second kappa shape index (κ2) is 7.24. The number of aromatic nitrogens is 2. The molecule has 2 aliphatic heterocycles. The van der Waals surface area contributed by atoms with Crippen molar-refractivity contribution in [2.45, 2.75) is 17.8 Å². The van der Waals surface area contributed by atoms with Gasteiger partial charge >= 0.3 is 5.97 Å². The highest BCUT2D eigenvalue weighted by Gasteiger charge is 2.52. The highest BCUT2D eigenvalue weighted by atomic mass is 32.2. The summed E-state index contributed by atoms with van der Waals surface area (Å²) in [4.78, 5) is 45.4. The highest BCUT2D eigenvalue weighted by Crippen LogP contribution is 2.37. The topological polar surface area (TPSA) is 133 Å². The van der Waals surface area contributed by atoms with Crippen molar-refractivity contribution in [3.8, 4) is 16.5 Å². The number of amides is 2. The molecule has 2 aliphatic rings. The van der Waals surface area contributed by atoms with Gasteiger partial charge in [-0.1, -0.05) is 0 Å². The molecule has 0 aliphatic carbocycles. The van der Waals surface area contributed by atoms with E-state index in [4.69, 9.17) is 5.11 Å². The molecule has 0 spiro atoms. The van der Waals surface area contributed by atoms with Crippen molar-refractivity contribution >= 4 is 40.9 Å². The van der Waals surface area contributed by atoms with E-state index >= 15 is 0 Å². The lowest BCUT2D eigenvalue weighted by Crippen LogP contribution is -2.70. The Labute approximate surface area is 167 Å². The summed E-state index contributed by atoms with van der Waals surface area (Å²) >= 11 is 2.65. The number of β-lactam (4-membered cyclic amide) rings is 1. The van der Waals surface area contributed by atoms with Crippen LogP contribution in [0.25, 0.3) is 10.7 Å². The molecule has 0 radical (unpaired) electrons. The van der Waals surface area contributed by atoms with Gasteiger partial charge in [0.15, 0.2) is 0 Å². The summed E-state index contributed by atoms with van der Waals surface area (Å²) in [6, 6.07) is 2.36. The average Bonchev–Trinajstić information content (AvgIpc) is 3.13. The first-order valence-electron chi connectivity index (χ1n) is 8.22. The highest BCUT2D eigenvalue weighted by molar-refractivity contribution is 8.00. The van der Waals surface area contributed by atoms with E-state index in [0.717, 1.165) is 0 Å². The van der Waals surface area contributed by atoms with Gasteiger partial charge in [-0.25, -0.2) is 14.8 Å². The maximum atomic E-state index is 12.3. The van der Waals surface area contributed by atoms with Crippen molar-refractivity contribution in [2.75, 3.05) is 5.75 Å². The minimum absolute atomic E-state index is 0.00428. The molecule has 2 atom stereocenters. The predicted molar refractivity (Wildman–Crippen MR) is 101 cm³/mol. The van der Waals surface area contributed by atoms with Gasteiger partial charge in [-0.15, -0.1) is 23.1 Å². The minimum atomic E-state index is -1.16. The molecule has 1 saturated heterocycles. The largest absolute Gasteiger partial charge is 0.506 e. The molecular formula is C17H14N4O5S2. The summed E-state index contributed by atoms with van der Waals surface area (Å²) in [6.45, 7) is 0. The lowest BCUT2D eigenvalue weighted by atomic mass is 10.0. The van der Waals surface area contributed by atoms with Gasteiger partial charge < -0.3 is 15.5 Å². The smallest absolute Gasteiger partial charge is 0.352 e. The van der Waals surface area contributed by atoms with E-state index in [1.807, 2.05) is 0 Å². The van der Waals surface area contributed by atoms with Crippen molar-refractivity contribution in [1.29, 1.82) is 0 Å². The van der Waals surface area contributed by atoms with Crippen LogP contribution >= 0.6 is 23.1 Å². The van der Waals surface area contributed by atoms with Gasteiger partial charge in [0.2, 0.25) is 5.91 Å². The first-order valence-corrected chi connectivity index (χ1v) is 10.1. The Hall–Kier alpha value is -2.92. The molecule has 28 heavy (non-hydrogen) atoms. The van der Waals surface area contributed by atoms with Crippen LogP contribution in [-0.4, -0.2) is 60.0 Å². The molecule has 1 fully saturated rings. The summed E-state index contributed by atoms with van der Waals surface area (Å²) in [5, 5.41) is 23.4. The number of hydrogen-bond acceptors (Lipinski definition) is 8. The average molecular weight is 418 g/mol. The van der Waals surface area contributed by atoms with E-state index in [9.17, 15) is 19.5 Å². The second-order valence-electron chi connectivity index (χ2n) is 6.06. The standard InChI is InChI=1S/C17H14N4O5S2/c22-10-2-1-4-18-12(10)14-19-8(7-28-14)6-11(23)20-13-15(24)21-9(17(25)26)3-5-27-16(13)21/h1-4,7,13,16,22H,5-6H2,(H,20,23)(H,25,26)/t13-,16-/m1/s1. The molecule has 0 aromatic carbocycles. The van der Waals surface area contributed by atoms with Crippen molar-refractivity contribution in [3.63, 3.8) is 0 Å². The van der Waals surface area contributed by atoms with Crippen LogP contribution in [-0.2, 0) is 20.8 Å². The normalized spacial score (nSPS) is 20.8. The lowest BCUT2D eigenvalue weighted by Gasteiger charge is -2.48. The van der Waals surface area contributed by atoms with Crippen molar-refractivity contribution in [2.24, 2.45) is 0 Å². The maximum Gasteiger partial charge on any atom is 0.352 e. The molecule has 2 amide bonds. The molecule has 9 nitrogen and oxygen atoms in total. The van der Waals surface area contributed by atoms with E-state index in [2.05, 4.69) is 15.3 Å². The van der Waals surface area contributed by atoms with E-state index in [0.29, 0.717) is 22.1 Å². The third-order valence-electron chi connectivity index (χ3n) is 4.26. The van der Waals surface area contributed by atoms with E-state index in [1.54, 1.807) is 17.6 Å². The van der Waals surface area contributed by atoms with Crippen LogP contribution in [0.1, 0.15) is 5.69 Å². The van der Waals surface area contributed by atoms with E-state index in [1.165, 1.54) is 40.1 Å². The predicted octanol–water partition coefficient (Wildman–Crippen LogP) is 0.822. The van der Waals surface area contributed by atoms with Gasteiger partial charge in [-0.05, 0) is 18.2 Å². The van der Waals surface area contributed by atoms with Crippen LogP contribution in [0, 0.1) is 0 Å². The van der Waals surface area contributed by atoms with Crippen molar-refractivity contribution < 1.29 is 24.6 Å². The zero-order valence-electron chi connectivity index (χ0n) is 14.2. The number of fused-ring (bicyclic) bond motifs is 1. The maximum absolute atomic E-state index is 12.3. The number of carboxylic acids is 1. The number of aromatic hydroxyl groups is 1. The lowest BCUT2D eigenvalue weighted by molar-refractivity contribution is -0.150. The Morgan fingerprint density at radius 3 is 2.96 bits per heavy atom. The molecule has 144 valence electrons. The number of carbonyl (C=O) groups is 3. The molecular weight excluding hydrogens is 404 g/mol. The first kappa shape index (κ1) is 18.4. The molecule has 0 saturated carbocycles. The number of pyridine rings is 1. The third kappa shape index (κ3) is 3.22. The Bertz CT molecular complexity index is 1000. The van der Waals surface area contributed by atoms with Crippen LogP contribution in [0.2, 0.25) is 0 Å². The number of carboxylic acid groups (broad SMARTS) is 1. The van der Waals surface area contributed by atoms with E-state index in [-0.39, 0.29) is 23.8 Å². The number of hydrogen-bond donors (Lipinski definition) is 3. The van der Waals surface area contributed by atoms with Gasteiger partial charge in [0, 0.05) is 17.3 Å². The monoisotopic (exact) mass is 418 g/mol. The molecule has 0 unspecified atom stereocenters. The zero-order valence-corrected chi connectivity index (χ0v) is 15.9. The Morgan fingerprint density at radius 1 is 1.39 bits per heavy atom. The molecule has 11 heteroatoms. The fraction of sp³-hybridized carbons (Fsp3) is 0.235. The fourth-order valence-electron chi connectivity index (χ4n) is 2.99. The number of nitrogens with one attached hydrogen (secondary N) is 1. The summed E-state index contributed by atoms with van der Waals surface area (Å²) in [5.74, 6) is -1.50. The number of thioether (sulfide) groups is 1. The SMILES string of the molecule is O=C(Cc1csc(-c2ncccc2O)n1)N[C@@H]1C(=O)N2C(C(=O)O)=CCS[C@H]12. The quantitative estimate of drug-likeness (QED) is 0.608. The minimum Gasteiger partial charge on any atom is -0.506 e. The molecule has 4 heterocycles. The summed E-state index contributed by atoms with van der Waals surface area (Å²) in [5.41, 5.74) is 0.794. The van der Waals surface area contributed by atoms with Gasteiger partial charge in [0.05, 0.1) is 12.1 Å². The summed E-state index contributed by atoms with van der Waals surface area (Å²) < 4.78 is 0. The number of nitrogens with zero attached hydrogens (tertiary/aromatic N) is 3.